The molecule has 1 rings (SSSR count). The Labute approximate surface area is 97.5 Å². The third-order valence-electron chi connectivity index (χ3n) is 1.74. The molecule has 0 saturated heterocycles. The van der Waals surface area contributed by atoms with Crippen molar-refractivity contribution in [3.63, 3.8) is 0 Å². The fourth-order valence-electron chi connectivity index (χ4n) is 1.10. The summed E-state index contributed by atoms with van der Waals surface area (Å²) >= 11 is 1.11. The van der Waals surface area contributed by atoms with Crippen LogP contribution in [0.2, 0.25) is 0 Å². The normalized spacial score (nSPS) is 13.3. The van der Waals surface area contributed by atoms with E-state index in [9.17, 15) is 4.79 Å². The Morgan fingerprint density at radius 2 is 2.50 bits per heavy atom. The van der Waals surface area contributed by atoms with E-state index in [0.717, 1.165) is 17.1 Å². The molecule has 0 aromatic carbocycles. The first kappa shape index (κ1) is 12.6. The van der Waals surface area contributed by atoms with Crippen molar-refractivity contribution in [1.82, 2.24) is 14.9 Å². The van der Waals surface area contributed by atoms with Crippen LogP contribution in [0.5, 0.6) is 0 Å². The number of urea groups is 1. The van der Waals surface area contributed by atoms with Crippen LogP contribution in [0.4, 0.5) is 9.80 Å². The summed E-state index contributed by atoms with van der Waals surface area (Å²) < 4.78 is 3.62. The number of nitrogens with zero attached hydrogens (tertiary/aromatic N) is 2. The molecule has 88 valence electrons. The Morgan fingerprint density at radius 3 is 3.06 bits per heavy atom. The summed E-state index contributed by atoms with van der Waals surface area (Å²) in [6, 6.07) is -0.464. The summed E-state index contributed by atoms with van der Waals surface area (Å²) in [6.07, 6.45) is 3.26. The molecule has 1 aromatic rings. The van der Waals surface area contributed by atoms with E-state index in [1.807, 2.05) is 6.92 Å². The minimum atomic E-state index is -0.319. The molecule has 0 aliphatic rings. The Morgan fingerprint density at radius 1 is 1.75 bits per heavy atom. The number of rotatable bonds is 4. The van der Waals surface area contributed by atoms with Crippen LogP contribution in [0.3, 0.4) is 0 Å². The van der Waals surface area contributed by atoms with Crippen molar-refractivity contribution in [2.24, 2.45) is 0 Å². The van der Waals surface area contributed by atoms with Crippen molar-refractivity contribution < 1.29 is 9.90 Å². The molecule has 0 bridgehead atoms. The fraction of sp³-hybridized carbons (Fsp3) is 0.444. The van der Waals surface area contributed by atoms with E-state index >= 15 is 0 Å². The third-order valence-corrected chi connectivity index (χ3v) is 2.32. The molecule has 0 saturated carbocycles. The van der Waals surface area contributed by atoms with Gasteiger partial charge in [0.2, 0.25) is 0 Å². The largest absolute Gasteiger partial charge is 0.392 e. The number of aliphatic hydroxyl groups excluding tert-OH is 1. The molecule has 1 atom stereocenters. The van der Waals surface area contributed by atoms with Gasteiger partial charge in [-0.1, -0.05) is 16.1 Å². The second-order valence-electron chi connectivity index (χ2n) is 3.34. The smallest absolute Gasteiger partial charge is 0.320 e. The van der Waals surface area contributed by atoms with Crippen molar-refractivity contribution in [3.05, 3.63) is 17.8 Å². The molecule has 0 aliphatic carbocycles. The monoisotopic (exact) mass is 242 g/mol. The van der Waals surface area contributed by atoms with Gasteiger partial charge in [0, 0.05) is 17.6 Å². The van der Waals surface area contributed by atoms with E-state index in [1.54, 1.807) is 13.0 Å². The van der Waals surface area contributed by atoms with Crippen LogP contribution < -0.4 is 10.6 Å². The second-order valence-corrected chi connectivity index (χ2v) is 4.13. The molecule has 16 heavy (non-hydrogen) atoms. The number of amides is 2. The summed E-state index contributed by atoms with van der Waals surface area (Å²) in [4.78, 5) is 11.4. The van der Waals surface area contributed by atoms with Crippen LogP contribution in [0.1, 0.15) is 13.8 Å². The van der Waals surface area contributed by atoms with Crippen LogP contribution in [0.25, 0.3) is 0 Å². The van der Waals surface area contributed by atoms with E-state index in [2.05, 4.69) is 20.2 Å². The maximum atomic E-state index is 11.4. The number of anilines is 1. The summed E-state index contributed by atoms with van der Waals surface area (Å²) in [7, 11) is 0. The average molecular weight is 242 g/mol. The highest BCUT2D eigenvalue weighted by molar-refractivity contribution is 7.10. The van der Waals surface area contributed by atoms with Gasteiger partial charge in [0.1, 0.15) is 5.00 Å². The maximum Gasteiger partial charge on any atom is 0.320 e. The lowest BCUT2D eigenvalue weighted by molar-refractivity contribution is 0.250. The number of carbonyl (C=O) groups is 1. The number of aromatic nitrogens is 2. The first-order valence-electron chi connectivity index (χ1n) is 4.75. The van der Waals surface area contributed by atoms with Gasteiger partial charge in [-0.2, -0.15) is 0 Å². The molecule has 0 radical (unpaired) electrons. The summed E-state index contributed by atoms with van der Waals surface area (Å²) in [5.74, 6) is 0. The highest BCUT2D eigenvalue weighted by Gasteiger charge is 2.06. The first-order valence-corrected chi connectivity index (χ1v) is 5.52. The Bertz CT molecular complexity index is 364. The van der Waals surface area contributed by atoms with E-state index in [4.69, 9.17) is 5.11 Å². The van der Waals surface area contributed by atoms with Crippen molar-refractivity contribution >= 4 is 22.6 Å². The van der Waals surface area contributed by atoms with Gasteiger partial charge in [0.05, 0.1) is 12.8 Å². The van der Waals surface area contributed by atoms with Gasteiger partial charge in [0.25, 0.3) is 0 Å². The van der Waals surface area contributed by atoms with Gasteiger partial charge in [-0.3, -0.25) is 5.32 Å². The van der Waals surface area contributed by atoms with Crippen molar-refractivity contribution in [2.75, 3.05) is 11.9 Å². The number of carbonyl (C=O) groups excluding carboxylic acids is 1. The van der Waals surface area contributed by atoms with E-state index < -0.39 is 0 Å². The SMILES string of the molecule is C/C(=C\C(C)NC(=O)Nc1cnns1)CO. The van der Waals surface area contributed by atoms with Gasteiger partial charge in [0.15, 0.2) is 0 Å². The number of nitrogens with one attached hydrogen (secondary N) is 2. The van der Waals surface area contributed by atoms with Crippen molar-refractivity contribution in [2.45, 2.75) is 19.9 Å². The molecule has 6 nitrogen and oxygen atoms in total. The summed E-state index contributed by atoms with van der Waals surface area (Å²) in [5.41, 5.74) is 0.812. The molecule has 1 aromatic heterocycles. The number of aliphatic hydroxyl groups is 1. The second kappa shape index (κ2) is 6.19. The lowest BCUT2D eigenvalue weighted by Crippen LogP contribution is -2.35. The molecule has 0 fully saturated rings. The molecular formula is C9H14N4O2S. The van der Waals surface area contributed by atoms with Crippen molar-refractivity contribution in [1.29, 1.82) is 0 Å². The fourth-order valence-corrected chi connectivity index (χ4v) is 1.51. The molecule has 2 amide bonds. The molecule has 3 N–H and O–H groups in total. The molecule has 0 spiro atoms. The Hall–Kier alpha value is -1.47. The van der Waals surface area contributed by atoms with Gasteiger partial charge in [-0.05, 0) is 13.8 Å². The standard InChI is InChI=1S/C9H14N4O2S/c1-6(5-14)3-7(2)11-9(15)12-8-4-10-13-16-8/h3-4,7,14H,5H2,1-2H3,(H2,11,12,15)/b6-3+. The summed E-state index contributed by atoms with van der Waals surface area (Å²) in [5, 5.41) is 18.3. The number of hydrogen-bond acceptors (Lipinski definition) is 5. The van der Waals surface area contributed by atoms with Gasteiger partial charge in [-0.25, -0.2) is 4.79 Å². The van der Waals surface area contributed by atoms with Crippen LogP contribution in [0.15, 0.2) is 17.8 Å². The van der Waals surface area contributed by atoms with E-state index in [1.165, 1.54) is 6.20 Å². The first-order chi connectivity index (χ1) is 7.61. The van der Waals surface area contributed by atoms with Crippen molar-refractivity contribution in [3.8, 4) is 0 Å². The highest BCUT2D eigenvalue weighted by atomic mass is 32.1. The van der Waals surface area contributed by atoms with Gasteiger partial charge < -0.3 is 10.4 Å². The number of hydrogen-bond donors (Lipinski definition) is 3. The molecule has 1 heterocycles. The molecule has 7 heteroatoms. The highest BCUT2D eigenvalue weighted by Crippen LogP contribution is 2.08. The molecular weight excluding hydrogens is 228 g/mol. The van der Waals surface area contributed by atoms with Crippen LogP contribution in [-0.4, -0.2) is 33.4 Å². The lowest BCUT2D eigenvalue weighted by atomic mass is 10.2. The zero-order chi connectivity index (χ0) is 12.0. The lowest BCUT2D eigenvalue weighted by Gasteiger charge is -2.10. The minimum Gasteiger partial charge on any atom is -0.392 e. The third kappa shape index (κ3) is 4.37. The topological polar surface area (TPSA) is 87.1 Å². The maximum absolute atomic E-state index is 11.4. The predicted octanol–water partition coefficient (Wildman–Crippen LogP) is 0.987. The quantitative estimate of drug-likeness (QED) is 0.687. The van der Waals surface area contributed by atoms with Gasteiger partial charge in [-0.15, -0.1) is 5.10 Å². The van der Waals surface area contributed by atoms with E-state index in [0.29, 0.717) is 5.00 Å². The van der Waals surface area contributed by atoms with Crippen LogP contribution in [0, 0.1) is 0 Å². The predicted molar refractivity (Wildman–Crippen MR) is 62.4 cm³/mol. The zero-order valence-corrected chi connectivity index (χ0v) is 9.91. The van der Waals surface area contributed by atoms with Crippen LogP contribution >= 0.6 is 11.5 Å². The molecule has 1 unspecified atom stereocenters. The Balaban J connectivity index is 2.40. The Kier molecular flexibility index (Phi) is 4.87. The summed E-state index contributed by atoms with van der Waals surface area (Å²) in [6.45, 7) is 3.61. The minimum absolute atomic E-state index is 0.00754. The van der Waals surface area contributed by atoms with Gasteiger partial charge >= 0.3 is 6.03 Å². The van der Waals surface area contributed by atoms with Crippen LogP contribution in [-0.2, 0) is 0 Å². The molecule has 0 aliphatic heterocycles. The van der Waals surface area contributed by atoms with E-state index in [-0.39, 0.29) is 18.7 Å². The zero-order valence-electron chi connectivity index (χ0n) is 9.10. The average Bonchev–Trinajstić information content (AvgIpc) is 2.69.